The third-order valence-corrected chi connectivity index (χ3v) is 4.68. The zero-order valence-electron chi connectivity index (χ0n) is 14.0. The molecule has 0 saturated carbocycles. The first-order valence-corrected chi connectivity index (χ1v) is 8.57. The van der Waals surface area contributed by atoms with Gasteiger partial charge < -0.3 is 0 Å². The smallest absolute Gasteiger partial charge is 0.266 e. The Bertz CT molecular complexity index is 854. The van der Waals surface area contributed by atoms with Gasteiger partial charge in [-0.1, -0.05) is 0 Å². The van der Waals surface area contributed by atoms with Crippen LogP contribution in [0.1, 0.15) is 12.8 Å². The van der Waals surface area contributed by atoms with Crippen molar-refractivity contribution in [3.8, 4) is 5.82 Å². The van der Waals surface area contributed by atoms with E-state index >= 15 is 0 Å². The summed E-state index contributed by atoms with van der Waals surface area (Å²) in [6.45, 7) is 3.46. The lowest BCUT2D eigenvalue weighted by molar-refractivity contribution is 0.214. The summed E-state index contributed by atoms with van der Waals surface area (Å²) in [5, 5.41) is 8.76. The molecule has 1 aliphatic heterocycles. The van der Waals surface area contributed by atoms with Crippen molar-refractivity contribution < 1.29 is 0 Å². The van der Waals surface area contributed by atoms with Gasteiger partial charge in [0, 0.05) is 43.4 Å². The van der Waals surface area contributed by atoms with Crippen molar-refractivity contribution in [1.29, 1.82) is 0 Å². The lowest BCUT2D eigenvalue weighted by Crippen LogP contribution is -2.38. The predicted octanol–water partition coefficient (Wildman–Crippen LogP) is 0.790. The summed E-state index contributed by atoms with van der Waals surface area (Å²) >= 11 is 0. The second kappa shape index (κ2) is 7.02. The van der Waals surface area contributed by atoms with Crippen molar-refractivity contribution in [2.24, 2.45) is 0 Å². The molecule has 0 spiro atoms. The average molecular weight is 339 g/mol. The average Bonchev–Trinajstić information content (AvgIpc) is 3.38. The zero-order chi connectivity index (χ0) is 17.1. The maximum absolute atomic E-state index is 12.2. The van der Waals surface area contributed by atoms with Gasteiger partial charge in [-0.2, -0.15) is 10.2 Å². The second-order valence-corrected chi connectivity index (χ2v) is 6.28. The van der Waals surface area contributed by atoms with Gasteiger partial charge >= 0.3 is 0 Å². The van der Waals surface area contributed by atoms with Crippen LogP contribution in [-0.4, -0.2) is 53.1 Å². The van der Waals surface area contributed by atoms with E-state index in [1.807, 2.05) is 23.1 Å². The minimum Gasteiger partial charge on any atom is -0.297 e. The SMILES string of the molecule is O=c1ccc(-n2ccnc2)nn1CC1CCCN1CCn1cccn1. The van der Waals surface area contributed by atoms with Crippen molar-refractivity contribution in [3.05, 3.63) is 59.7 Å². The van der Waals surface area contributed by atoms with Crippen LogP contribution in [0.5, 0.6) is 0 Å². The first-order valence-electron chi connectivity index (χ1n) is 8.57. The third kappa shape index (κ3) is 3.53. The molecule has 0 aliphatic carbocycles. The molecule has 0 aromatic carbocycles. The summed E-state index contributed by atoms with van der Waals surface area (Å²) in [5.41, 5.74) is -0.0669. The van der Waals surface area contributed by atoms with E-state index < -0.39 is 0 Å². The zero-order valence-corrected chi connectivity index (χ0v) is 14.0. The van der Waals surface area contributed by atoms with Crippen LogP contribution in [-0.2, 0) is 13.1 Å². The normalized spacial score (nSPS) is 18.0. The van der Waals surface area contributed by atoms with Gasteiger partial charge in [-0.3, -0.25) is 18.9 Å². The van der Waals surface area contributed by atoms with Crippen molar-refractivity contribution in [2.45, 2.75) is 32.0 Å². The summed E-state index contributed by atoms with van der Waals surface area (Å²) in [4.78, 5) is 18.7. The Labute approximate surface area is 145 Å². The molecule has 1 fully saturated rings. The lowest BCUT2D eigenvalue weighted by atomic mass is 10.2. The molecule has 1 unspecified atom stereocenters. The van der Waals surface area contributed by atoms with Gasteiger partial charge in [0.05, 0.1) is 13.1 Å². The van der Waals surface area contributed by atoms with Crippen molar-refractivity contribution in [3.63, 3.8) is 0 Å². The molecule has 1 atom stereocenters. The molecular weight excluding hydrogens is 318 g/mol. The molecule has 4 heterocycles. The quantitative estimate of drug-likeness (QED) is 0.664. The van der Waals surface area contributed by atoms with E-state index in [9.17, 15) is 4.79 Å². The molecular formula is C17H21N7O. The number of likely N-dealkylation sites (tertiary alicyclic amines) is 1. The Morgan fingerprint density at radius 3 is 2.92 bits per heavy atom. The topological polar surface area (TPSA) is 73.8 Å². The molecule has 0 bridgehead atoms. The molecule has 0 N–H and O–H groups in total. The largest absolute Gasteiger partial charge is 0.297 e. The molecule has 4 rings (SSSR count). The maximum atomic E-state index is 12.2. The Kier molecular flexibility index (Phi) is 4.43. The van der Waals surface area contributed by atoms with Crippen LogP contribution < -0.4 is 5.56 Å². The van der Waals surface area contributed by atoms with Crippen LogP contribution in [0.2, 0.25) is 0 Å². The fourth-order valence-electron chi connectivity index (χ4n) is 3.36. The number of nitrogens with zero attached hydrogens (tertiary/aromatic N) is 7. The molecule has 1 saturated heterocycles. The van der Waals surface area contributed by atoms with Gasteiger partial charge in [0.1, 0.15) is 6.33 Å². The third-order valence-electron chi connectivity index (χ3n) is 4.68. The molecule has 3 aromatic heterocycles. The van der Waals surface area contributed by atoms with Gasteiger partial charge in [0.15, 0.2) is 5.82 Å². The molecule has 130 valence electrons. The van der Waals surface area contributed by atoms with Gasteiger partial charge in [-0.05, 0) is 31.5 Å². The standard InChI is InChI=1S/C17H21N7O/c25-17-5-4-16(22-10-7-18-14-22)20-24(17)13-15-3-1-8-21(15)11-12-23-9-2-6-19-23/h2,4-7,9-10,14-15H,1,3,8,11-13H2. The number of rotatable bonds is 6. The van der Waals surface area contributed by atoms with Gasteiger partial charge in [0.25, 0.3) is 5.56 Å². The Morgan fingerprint density at radius 2 is 2.12 bits per heavy atom. The fourth-order valence-corrected chi connectivity index (χ4v) is 3.36. The van der Waals surface area contributed by atoms with E-state index in [-0.39, 0.29) is 5.56 Å². The first-order chi connectivity index (χ1) is 12.3. The Morgan fingerprint density at radius 1 is 1.16 bits per heavy atom. The van der Waals surface area contributed by atoms with E-state index in [2.05, 4.69) is 20.1 Å². The highest BCUT2D eigenvalue weighted by atomic mass is 16.1. The number of hydrogen-bond acceptors (Lipinski definition) is 5. The highest BCUT2D eigenvalue weighted by Crippen LogP contribution is 2.18. The summed E-state index contributed by atoms with van der Waals surface area (Å²) < 4.78 is 5.33. The van der Waals surface area contributed by atoms with Crippen molar-refractivity contribution in [1.82, 2.24) is 34.0 Å². The maximum Gasteiger partial charge on any atom is 0.266 e. The molecule has 0 radical (unpaired) electrons. The Hall–Kier alpha value is -2.74. The van der Waals surface area contributed by atoms with E-state index in [4.69, 9.17) is 0 Å². The summed E-state index contributed by atoms with van der Waals surface area (Å²) in [6, 6.07) is 5.57. The number of imidazole rings is 1. The summed E-state index contributed by atoms with van der Waals surface area (Å²) in [6.07, 6.45) is 11.2. The summed E-state index contributed by atoms with van der Waals surface area (Å²) in [5.74, 6) is 0.707. The highest BCUT2D eigenvalue weighted by molar-refractivity contribution is 5.19. The second-order valence-electron chi connectivity index (χ2n) is 6.28. The van der Waals surface area contributed by atoms with E-state index in [1.165, 1.54) is 0 Å². The van der Waals surface area contributed by atoms with Crippen LogP contribution in [0.4, 0.5) is 0 Å². The highest BCUT2D eigenvalue weighted by Gasteiger charge is 2.25. The van der Waals surface area contributed by atoms with E-state index in [0.717, 1.165) is 32.5 Å². The van der Waals surface area contributed by atoms with Crippen LogP contribution >= 0.6 is 0 Å². The van der Waals surface area contributed by atoms with Crippen LogP contribution in [0.3, 0.4) is 0 Å². The van der Waals surface area contributed by atoms with E-state index in [1.54, 1.807) is 40.1 Å². The lowest BCUT2D eigenvalue weighted by Gasteiger charge is -2.24. The Balaban J connectivity index is 1.47. The van der Waals surface area contributed by atoms with Crippen LogP contribution in [0.25, 0.3) is 5.82 Å². The first kappa shape index (κ1) is 15.8. The minimum absolute atomic E-state index is 0.0669. The van der Waals surface area contributed by atoms with Crippen molar-refractivity contribution in [2.75, 3.05) is 13.1 Å². The fraction of sp³-hybridized carbons (Fsp3) is 0.412. The molecule has 8 heteroatoms. The van der Waals surface area contributed by atoms with Gasteiger partial charge in [-0.25, -0.2) is 9.67 Å². The molecule has 1 aliphatic rings. The minimum atomic E-state index is -0.0669. The summed E-state index contributed by atoms with van der Waals surface area (Å²) in [7, 11) is 0. The molecule has 25 heavy (non-hydrogen) atoms. The number of aromatic nitrogens is 6. The van der Waals surface area contributed by atoms with Gasteiger partial charge in [0.2, 0.25) is 0 Å². The van der Waals surface area contributed by atoms with Crippen LogP contribution in [0.15, 0.2) is 54.1 Å². The van der Waals surface area contributed by atoms with Crippen LogP contribution in [0, 0.1) is 0 Å². The van der Waals surface area contributed by atoms with E-state index in [0.29, 0.717) is 18.4 Å². The number of hydrogen-bond donors (Lipinski definition) is 0. The predicted molar refractivity (Wildman–Crippen MR) is 92.4 cm³/mol. The monoisotopic (exact) mass is 339 g/mol. The van der Waals surface area contributed by atoms with Gasteiger partial charge in [-0.15, -0.1) is 0 Å². The molecule has 3 aromatic rings. The van der Waals surface area contributed by atoms with Crippen molar-refractivity contribution >= 4 is 0 Å². The molecule has 8 nitrogen and oxygen atoms in total. The molecule has 0 amide bonds.